The monoisotopic (exact) mass is 299 g/mol. The lowest BCUT2D eigenvalue weighted by Gasteiger charge is -2.17. The maximum atomic E-state index is 11.8. The van der Waals surface area contributed by atoms with Crippen LogP contribution >= 0.6 is 11.6 Å². The van der Waals surface area contributed by atoms with Crippen LogP contribution in [0.2, 0.25) is 5.02 Å². The summed E-state index contributed by atoms with van der Waals surface area (Å²) in [5, 5.41) is 15.7. The highest BCUT2D eigenvalue weighted by atomic mass is 35.5. The number of benzene rings is 1. The number of carbonyl (C=O) groups is 1. The molecule has 0 heterocycles. The molecule has 0 bridgehead atoms. The van der Waals surface area contributed by atoms with Crippen LogP contribution in [0, 0.1) is 0 Å². The predicted octanol–water partition coefficient (Wildman–Crippen LogP) is 1.95. The summed E-state index contributed by atoms with van der Waals surface area (Å²) in [4.78, 5) is 13.6. The average molecular weight is 300 g/mol. The van der Waals surface area contributed by atoms with Gasteiger partial charge in [0.2, 0.25) is 0 Å². The van der Waals surface area contributed by atoms with Gasteiger partial charge in [0.15, 0.2) is 0 Å². The van der Waals surface area contributed by atoms with E-state index in [1.807, 2.05) is 32.0 Å². The number of amides is 2. The number of urea groups is 1. The van der Waals surface area contributed by atoms with Crippen molar-refractivity contribution in [2.45, 2.75) is 19.4 Å². The fourth-order valence-electron chi connectivity index (χ4n) is 1.84. The molecular formula is C14H22ClN3O2. The van der Waals surface area contributed by atoms with Crippen LogP contribution < -0.4 is 10.6 Å². The van der Waals surface area contributed by atoms with Gasteiger partial charge in [-0.3, -0.25) is 0 Å². The van der Waals surface area contributed by atoms with Gasteiger partial charge in [0.1, 0.15) is 0 Å². The number of aryl methyl sites for hydroxylation is 1. The molecule has 5 nitrogen and oxygen atoms in total. The highest BCUT2D eigenvalue weighted by Crippen LogP contribution is 2.20. The number of likely N-dealkylation sites (N-methyl/N-ethyl adjacent to an activating group) is 1. The van der Waals surface area contributed by atoms with Gasteiger partial charge in [-0.25, -0.2) is 4.79 Å². The molecule has 0 saturated heterocycles. The van der Waals surface area contributed by atoms with Crippen LogP contribution in [0.1, 0.15) is 12.5 Å². The lowest BCUT2D eigenvalue weighted by molar-refractivity contribution is 0.136. The summed E-state index contributed by atoms with van der Waals surface area (Å²) in [6, 6.07) is 5.01. The summed E-state index contributed by atoms with van der Waals surface area (Å²) in [6.45, 7) is 2.70. The third kappa shape index (κ3) is 5.77. The van der Waals surface area contributed by atoms with Gasteiger partial charge >= 0.3 is 6.03 Å². The zero-order chi connectivity index (χ0) is 15.1. The van der Waals surface area contributed by atoms with Gasteiger partial charge in [-0.2, -0.15) is 0 Å². The molecule has 0 aromatic heterocycles. The topological polar surface area (TPSA) is 64.6 Å². The Balaban J connectivity index is 2.50. The molecule has 1 rings (SSSR count). The molecule has 0 aliphatic rings. The summed E-state index contributed by atoms with van der Waals surface area (Å²) in [5.41, 5.74) is 1.71. The van der Waals surface area contributed by atoms with Crippen molar-refractivity contribution in [3.05, 3.63) is 28.8 Å². The van der Waals surface area contributed by atoms with Gasteiger partial charge in [0.05, 0.1) is 6.10 Å². The number of carbonyl (C=O) groups excluding carboxylic acids is 1. The first-order chi connectivity index (χ1) is 9.42. The average Bonchev–Trinajstić information content (AvgIpc) is 2.37. The lowest BCUT2D eigenvalue weighted by atomic mass is 10.1. The van der Waals surface area contributed by atoms with Crippen LogP contribution in [-0.2, 0) is 6.42 Å². The molecule has 1 atom stereocenters. The van der Waals surface area contributed by atoms with Gasteiger partial charge in [0.25, 0.3) is 0 Å². The molecule has 1 aromatic rings. The van der Waals surface area contributed by atoms with Crippen LogP contribution in [-0.4, -0.2) is 49.3 Å². The summed E-state index contributed by atoms with van der Waals surface area (Å²) in [5.74, 6) is 0. The van der Waals surface area contributed by atoms with E-state index in [2.05, 4.69) is 10.6 Å². The molecule has 6 heteroatoms. The van der Waals surface area contributed by atoms with Crippen LogP contribution in [0.4, 0.5) is 10.5 Å². The van der Waals surface area contributed by atoms with E-state index >= 15 is 0 Å². The molecule has 3 N–H and O–H groups in total. The van der Waals surface area contributed by atoms with Crippen molar-refractivity contribution in [3.63, 3.8) is 0 Å². The van der Waals surface area contributed by atoms with Crippen LogP contribution in [0.25, 0.3) is 0 Å². The van der Waals surface area contributed by atoms with E-state index in [0.717, 1.165) is 17.7 Å². The van der Waals surface area contributed by atoms with Crippen molar-refractivity contribution in [2.75, 3.05) is 32.5 Å². The van der Waals surface area contributed by atoms with E-state index in [0.29, 0.717) is 11.6 Å². The predicted molar refractivity (Wildman–Crippen MR) is 82.4 cm³/mol. The van der Waals surface area contributed by atoms with Crippen LogP contribution in [0.5, 0.6) is 0 Å². The molecule has 0 unspecified atom stereocenters. The lowest BCUT2D eigenvalue weighted by Crippen LogP contribution is -2.39. The van der Waals surface area contributed by atoms with Gasteiger partial charge < -0.3 is 20.6 Å². The third-order valence-corrected chi connectivity index (χ3v) is 3.01. The Labute approximate surface area is 124 Å². The molecule has 1 aromatic carbocycles. The molecule has 0 radical (unpaired) electrons. The number of hydrogen-bond acceptors (Lipinski definition) is 3. The number of halogens is 1. The molecule has 0 aliphatic carbocycles. The van der Waals surface area contributed by atoms with Crippen LogP contribution in [0.15, 0.2) is 18.2 Å². The summed E-state index contributed by atoms with van der Waals surface area (Å²) >= 11 is 5.92. The fourth-order valence-corrected chi connectivity index (χ4v) is 2.03. The van der Waals surface area contributed by atoms with E-state index in [1.54, 1.807) is 12.1 Å². The maximum absolute atomic E-state index is 11.8. The number of aliphatic hydroxyl groups is 1. The molecule has 0 aliphatic heterocycles. The van der Waals surface area contributed by atoms with Gasteiger partial charge in [-0.15, -0.1) is 0 Å². The minimum atomic E-state index is -0.591. The fraction of sp³-hybridized carbons (Fsp3) is 0.500. The van der Waals surface area contributed by atoms with Gasteiger partial charge in [-0.05, 0) is 44.3 Å². The van der Waals surface area contributed by atoms with Crippen molar-refractivity contribution >= 4 is 23.3 Å². The van der Waals surface area contributed by atoms with Gasteiger partial charge in [-0.1, -0.05) is 18.5 Å². The second-order valence-electron chi connectivity index (χ2n) is 4.91. The highest BCUT2D eigenvalue weighted by Gasteiger charge is 2.09. The normalized spacial score (nSPS) is 12.3. The van der Waals surface area contributed by atoms with E-state index in [1.165, 1.54) is 0 Å². The second-order valence-corrected chi connectivity index (χ2v) is 5.34. The first kappa shape index (κ1) is 16.8. The van der Waals surface area contributed by atoms with E-state index in [9.17, 15) is 9.90 Å². The molecule has 112 valence electrons. The Hall–Kier alpha value is -1.30. The number of anilines is 1. The van der Waals surface area contributed by atoms with Crippen molar-refractivity contribution < 1.29 is 9.90 Å². The van der Waals surface area contributed by atoms with Crippen molar-refractivity contribution in [1.82, 2.24) is 10.2 Å². The number of rotatable bonds is 6. The maximum Gasteiger partial charge on any atom is 0.319 e. The van der Waals surface area contributed by atoms with E-state index in [4.69, 9.17) is 11.6 Å². The SMILES string of the molecule is CCc1cc(Cl)ccc1NC(=O)NC[C@@H](O)CN(C)C. The Kier molecular flexibility index (Phi) is 6.78. The molecular weight excluding hydrogens is 278 g/mol. The minimum absolute atomic E-state index is 0.207. The second kappa shape index (κ2) is 8.09. The molecule has 2 amide bonds. The standard InChI is InChI=1S/C14H22ClN3O2/c1-4-10-7-11(15)5-6-13(10)17-14(20)16-8-12(19)9-18(2)3/h5-7,12,19H,4,8-9H2,1-3H3,(H2,16,17,20)/t12-/m1/s1. The summed E-state index contributed by atoms with van der Waals surface area (Å²) < 4.78 is 0. The van der Waals surface area contributed by atoms with Crippen molar-refractivity contribution in [3.8, 4) is 0 Å². The molecule has 0 spiro atoms. The summed E-state index contributed by atoms with van der Waals surface area (Å²) in [6.07, 6.45) is 0.186. The third-order valence-electron chi connectivity index (χ3n) is 2.77. The quantitative estimate of drug-likeness (QED) is 0.752. The number of hydrogen-bond donors (Lipinski definition) is 3. The number of nitrogens with one attached hydrogen (secondary N) is 2. The molecule has 0 saturated carbocycles. The van der Waals surface area contributed by atoms with Gasteiger partial charge in [0, 0.05) is 23.8 Å². The molecule has 0 fully saturated rings. The minimum Gasteiger partial charge on any atom is -0.390 e. The Morgan fingerprint density at radius 3 is 2.75 bits per heavy atom. The zero-order valence-corrected chi connectivity index (χ0v) is 12.9. The number of nitrogens with zero attached hydrogens (tertiary/aromatic N) is 1. The first-order valence-corrected chi connectivity index (χ1v) is 6.96. The van der Waals surface area contributed by atoms with Crippen LogP contribution in [0.3, 0.4) is 0 Å². The van der Waals surface area contributed by atoms with Crippen molar-refractivity contribution in [1.29, 1.82) is 0 Å². The Morgan fingerprint density at radius 2 is 2.15 bits per heavy atom. The first-order valence-electron chi connectivity index (χ1n) is 6.58. The largest absolute Gasteiger partial charge is 0.390 e. The summed E-state index contributed by atoms with van der Waals surface area (Å²) in [7, 11) is 3.73. The smallest absolute Gasteiger partial charge is 0.319 e. The Morgan fingerprint density at radius 1 is 1.45 bits per heavy atom. The Bertz CT molecular complexity index is 452. The zero-order valence-electron chi connectivity index (χ0n) is 12.1. The number of aliphatic hydroxyl groups excluding tert-OH is 1. The molecule has 20 heavy (non-hydrogen) atoms. The highest BCUT2D eigenvalue weighted by molar-refractivity contribution is 6.30. The van der Waals surface area contributed by atoms with E-state index < -0.39 is 6.10 Å². The van der Waals surface area contributed by atoms with E-state index in [-0.39, 0.29) is 12.6 Å². The van der Waals surface area contributed by atoms with Crippen molar-refractivity contribution in [2.24, 2.45) is 0 Å².